The number of fused-ring (bicyclic) bond motifs is 1. The van der Waals surface area contributed by atoms with Gasteiger partial charge in [0.15, 0.2) is 0 Å². The van der Waals surface area contributed by atoms with Gasteiger partial charge in [-0.2, -0.15) is 0 Å². The van der Waals surface area contributed by atoms with E-state index < -0.39 is 5.97 Å². The number of benzene rings is 1. The number of allylic oxidation sites excluding steroid dienone is 2. The van der Waals surface area contributed by atoms with E-state index in [0.717, 1.165) is 5.56 Å². The third kappa shape index (κ3) is 3.22. The second-order valence-corrected chi connectivity index (χ2v) is 6.55. The van der Waals surface area contributed by atoms with Crippen molar-refractivity contribution in [3.63, 3.8) is 0 Å². The molecule has 1 aliphatic heterocycles. The zero-order chi connectivity index (χ0) is 17.3. The second kappa shape index (κ2) is 6.77. The standard InChI is InChI=1S/C18H18ClNO4/c1-11-10-12(19)6-7-15(11)24-16(21)8-9-20-17(22)13-4-2-3-5-14(13)18(20)23/h2-3,6-7,10,13-14H,4-5,8-9H2,1H3/t13-,14+. The molecular weight excluding hydrogens is 330 g/mol. The third-order valence-corrected chi connectivity index (χ3v) is 4.73. The summed E-state index contributed by atoms with van der Waals surface area (Å²) in [6.45, 7) is 1.86. The lowest BCUT2D eigenvalue weighted by molar-refractivity contribution is -0.141. The normalized spacial score (nSPS) is 22.7. The Balaban J connectivity index is 1.58. The van der Waals surface area contributed by atoms with Crippen LogP contribution in [0.25, 0.3) is 0 Å². The monoisotopic (exact) mass is 347 g/mol. The highest BCUT2D eigenvalue weighted by atomic mass is 35.5. The number of carbonyl (C=O) groups is 3. The lowest BCUT2D eigenvalue weighted by Gasteiger charge is -2.14. The zero-order valence-corrected chi connectivity index (χ0v) is 14.1. The van der Waals surface area contributed by atoms with Crippen LogP contribution in [0.4, 0.5) is 0 Å². The molecule has 0 aromatic heterocycles. The van der Waals surface area contributed by atoms with Gasteiger partial charge in [-0.3, -0.25) is 19.3 Å². The van der Waals surface area contributed by atoms with E-state index in [0.29, 0.717) is 23.6 Å². The molecule has 2 aliphatic rings. The molecule has 0 unspecified atom stereocenters. The molecule has 1 aromatic rings. The van der Waals surface area contributed by atoms with Gasteiger partial charge >= 0.3 is 5.97 Å². The van der Waals surface area contributed by atoms with Crippen LogP contribution in [0.2, 0.25) is 5.02 Å². The van der Waals surface area contributed by atoms with Crippen LogP contribution in [0, 0.1) is 18.8 Å². The van der Waals surface area contributed by atoms with Crippen molar-refractivity contribution < 1.29 is 19.1 Å². The number of amides is 2. The van der Waals surface area contributed by atoms with Crippen molar-refractivity contribution in [1.82, 2.24) is 4.90 Å². The highest BCUT2D eigenvalue weighted by Gasteiger charge is 2.46. The molecule has 5 nitrogen and oxygen atoms in total. The first-order chi connectivity index (χ1) is 11.5. The smallest absolute Gasteiger partial charge is 0.313 e. The maximum Gasteiger partial charge on any atom is 0.313 e. The topological polar surface area (TPSA) is 63.7 Å². The van der Waals surface area contributed by atoms with E-state index in [-0.39, 0.29) is 36.6 Å². The minimum atomic E-state index is -0.478. The molecule has 126 valence electrons. The molecule has 6 heteroatoms. The van der Waals surface area contributed by atoms with Gasteiger partial charge in [0.2, 0.25) is 11.8 Å². The Kier molecular flexibility index (Phi) is 4.71. The van der Waals surface area contributed by atoms with Crippen LogP contribution in [0.15, 0.2) is 30.4 Å². The molecule has 0 bridgehead atoms. The first kappa shape index (κ1) is 16.7. The maximum absolute atomic E-state index is 12.3. The number of imide groups is 1. The molecule has 0 spiro atoms. The Bertz CT molecular complexity index is 702. The number of hydrogen-bond acceptors (Lipinski definition) is 4. The van der Waals surface area contributed by atoms with Gasteiger partial charge in [-0.1, -0.05) is 23.8 Å². The highest BCUT2D eigenvalue weighted by Crippen LogP contribution is 2.35. The molecule has 0 N–H and O–H groups in total. The van der Waals surface area contributed by atoms with E-state index >= 15 is 0 Å². The van der Waals surface area contributed by atoms with Gasteiger partial charge in [-0.15, -0.1) is 0 Å². The van der Waals surface area contributed by atoms with E-state index in [9.17, 15) is 14.4 Å². The van der Waals surface area contributed by atoms with Crippen LogP contribution in [0.1, 0.15) is 24.8 Å². The fraction of sp³-hybridized carbons (Fsp3) is 0.389. The molecule has 1 saturated heterocycles. The Morgan fingerprint density at radius 1 is 1.21 bits per heavy atom. The van der Waals surface area contributed by atoms with E-state index in [1.807, 2.05) is 12.2 Å². The zero-order valence-electron chi connectivity index (χ0n) is 13.3. The SMILES string of the molecule is Cc1cc(Cl)ccc1OC(=O)CCN1C(=O)[C@H]2CC=CC[C@H]2C1=O. The van der Waals surface area contributed by atoms with Crippen LogP contribution in [0.3, 0.4) is 0 Å². The van der Waals surface area contributed by atoms with Crippen LogP contribution >= 0.6 is 11.6 Å². The molecule has 1 aliphatic carbocycles. The number of halogens is 1. The molecule has 2 amide bonds. The molecule has 1 aromatic carbocycles. The summed E-state index contributed by atoms with van der Waals surface area (Å²) in [5.74, 6) is -0.931. The average Bonchev–Trinajstić information content (AvgIpc) is 2.80. The minimum absolute atomic E-state index is 0.0214. The minimum Gasteiger partial charge on any atom is -0.426 e. The Hall–Kier alpha value is -2.14. The van der Waals surface area contributed by atoms with Crippen LogP contribution in [-0.4, -0.2) is 29.2 Å². The van der Waals surface area contributed by atoms with Gasteiger partial charge in [0.1, 0.15) is 5.75 Å². The van der Waals surface area contributed by atoms with E-state index in [4.69, 9.17) is 16.3 Å². The molecule has 1 fully saturated rings. The van der Waals surface area contributed by atoms with Crippen LogP contribution < -0.4 is 4.74 Å². The maximum atomic E-state index is 12.3. The highest BCUT2D eigenvalue weighted by molar-refractivity contribution is 6.30. The van der Waals surface area contributed by atoms with Gasteiger partial charge in [0.05, 0.1) is 18.3 Å². The van der Waals surface area contributed by atoms with Gasteiger partial charge in [-0.05, 0) is 43.5 Å². The molecule has 2 atom stereocenters. The second-order valence-electron chi connectivity index (χ2n) is 6.12. The number of hydrogen-bond donors (Lipinski definition) is 0. The van der Waals surface area contributed by atoms with Gasteiger partial charge in [-0.25, -0.2) is 0 Å². The fourth-order valence-corrected chi connectivity index (χ4v) is 3.42. The molecule has 0 saturated carbocycles. The number of ether oxygens (including phenoxy) is 1. The first-order valence-electron chi connectivity index (χ1n) is 7.94. The summed E-state index contributed by atoms with van der Waals surface area (Å²) in [5, 5.41) is 0.566. The summed E-state index contributed by atoms with van der Waals surface area (Å²) in [4.78, 5) is 37.9. The van der Waals surface area contributed by atoms with Crippen LogP contribution in [0.5, 0.6) is 5.75 Å². The van der Waals surface area contributed by atoms with E-state index in [1.165, 1.54) is 4.90 Å². The molecule has 1 heterocycles. The van der Waals surface area contributed by atoms with Crippen molar-refractivity contribution in [1.29, 1.82) is 0 Å². The Labute approximate surface area is 145 Å². The Morgan fingerprint density at radius 2 is 1.83 bits per heavy atom. The van der Waals surface area contributed by atoms with Crippen molar-refractivity contribution in [2.45, 2.75) is 26.2 Å². The number of aryl methyl sites for hydroxylation is 1. The largest absolute Gasteiger partial charge is 0.426 e. The third-order valence-electron chi connectivity index (χ3n) is 4.50. The molecule has 3 rings (SSSR count). The van der Waals surface area contributed by atoms with Gasteiger partial charge in [0.25, 0.3) is 0 Å². The summed E-state index contributed by atoms with van der Waals surface area (Å²) in [6.07, 6.45) is 5.05. The van der Waals surface area contributed by atoms with E-state index in [2.05, 4.69) is 0 Å². The number of carbonyl (C=O) groups excluding carboxylic acids is 3. The van der Waals surface area contributed by atoms with Crippen molar-refractivity contribution in [2.75, 3.05) is 6.54 Å². The lowest BCUT2D eigenvalue weighted by Crippen LogP contribution is -2.33. The number of nitrogens with zero attached hydrogens (tertiary/aromatic N) is 1. The van der Waals surface area contributed by atoms with Crippen LogP contribution in [-0.2, 0) is 14.4 Å². The van der Waals surface area contributed by atoms with Gasteiger partial charge < -0.3 is 4.74 Å². The molecule has 24 heavy (non-hydrogen) atoms. The summed E-state index contributed by atoms with van der Waals surface area (Å²) in [7, 11) is 0. The first-order valence-corrected chi connectivity index (χ1v) is 8.32. The van der Waals surface area contributed by atoms with Crippen molar-refractivity contribution in [3.8, 4) is 5.75 Å². The predicted octanol–water partition coefficient (Wildman–Crippen LogP) is 2.90. The van der Waals surface area contributed by atoms with Crippen molar-refractivity contribution in [2.24, 2.45) is 11.8 Å². The fourth-order valence-electron chi connectivity index (χ4n) is 3.19. The molecular formula is C18H18ClNO4. The number of rotatable bonds is 4. The number of esters is 1. The summed E-state index contributed by atoms with van der Waals surface area (Å²) < 4.78 is 5.29. The summed E-state index contributed by atoms with van der Waals surface area (Å²) in [6, 6.07) is 4.97. The van der Waals surface area contributed by atoms with Gasteiger partial charge in [0, 0.05) is 11.6 Å². The van der Waals surface area contributed by atoms with Crippen molar-refractivity contribution >= 4 is 29.4 Å². The predicted molar refractivity (Wildman–Crippen MR) is 88.5 cm³/mol. The van der Waals surface area contributed by atoms with E-state index in [1.54, 1.807) is 25.1 Å². The summed E-state index contributed by atoms with van der Waals surface area (Å²) in [5.41, 5.74) is 0.751. The quantitative estimate of drug-likeness (QED) is 0.363. The molecule has 0 radical (unpaired) electrons. The number of likely N-dealkylation sites (tertiary alicyclic amines) is 1. The summed E-state index contributed by atoms with van der Waals surface area (Å²) >= 11 is 5.87. The Morgan fingerprint density at radius 3 is 2.42 bits per heavy atom. The van der Waals surface area contributed by atoms with Crippen molar-refractivity contribution in [3.05, 3.63) is 40.9 Å². The lowest BCUT2D eigenvalue weighted by atomic mass is 9.85. The average molecular weight is 348 g/mol.